The maximum absolute atomic E-state index is 4.46. The molecule has 1 fully saturated rings. The zero-order valence-corrected chi connectivity index (χ0v) is 12.2. The van der Waals surface area contributed by atoms with Crippen molar-refractivity contribution >= 4 is 21.7 Å². The first-order valence-corrected chi connectivity index (χ1v) is 7.06. The van der Waals surface area contributed by atoms with Gasteiger partial charge in [0.25, 0.3) is 0 Å². The number of piperidine rings is 1. The van der Waals surface area contributed by atoms with Gasteiger partial charge in [0.05, 0.1) is 0 Å². The predicted molar refractivity (Wildman–Crippen MR) is 75.5 cm³/mol. The van der Waals surface area contributed by atoms with Gasteiger partial charge in [-0.05, 0) is 47.4 Å². The highest BCUT2D eigenvalue weighted by Gasteiger charge is 2.22. The van der Waals surface area contributed by atoms with Crippen LogP contribution in [-0.2, 0) is 0 Å². The molecule has 1 aromatic heterocycles. The van der Waals surface area contributed by atoms with Crippen molar-refractivity contribution in [2.45, 2.75) is 25.8 Å². The van der Waals surface area contributed by atoms with E-state index in [9.17, 15) is 0 Å². The lowest BCUT2D eigenvalue weighted by atomic mass is 10.0. The molecule has 4 heteroatoms. The quantitative estimate of drug-likeness (QED) is 0.855. The van der Waals surface area contributed by atoms with Gasteiger partial charge in [-0.15, -0.1) is 0 Å². The van der Waals surface area contributed by atoms with Crippen molar-refractivity contribution in [3.63, 3.8) is 0 Å². The van der Waals surface area contributed by atoms with Gasteiger partial charge in [0.2, 0.25) is 0 Å². The molecule has 1 aromatic rings. The summed E-state index contributed by atoms with van der Waals surface area (Å²) in [5.41, 5.74) is 0. The minimum Gasteiger partial charge on any atom is -0.357 e. The number of hydrogen-bond acceptors (Lipinski definition) is 3. The van der Waals surface area contributed by atoms with Crippen molar-refractivity contribution in [1.82, 2.24) is 9.88 Å². The highest BCUT2D eigenvalue weighted by atomic mass is 79.9. The standard InChI is InChI=1S/C13H20BrN3/c1-3-17-8-6-12(7-9-17)16(2)13-5-4-11(14)10-15-13/h4-5,10,12H,3,6-9H2,1-2H3. The summed E-state index contributed by atoms with van der Waals surface area (Å²) in [5.74, 6) is 1.07. The van der Waals surface area contributed by atoms with E-state index >= 15 is 0 Å². The summed E-state index contributed by atoms with van der Waals surface area (Å²) in [6.07, 6.45) is 4.34. The fourth-order valence-electron chi connectivity index (χ4n) is 2.39. The van der Waals surface area contributed by atoms with Gasteiger partial charge in [-0.2, -0.15) is 0 Å². The van der Waals surface area contributed by atoms with Crippen LogP contribution in [0.5, 0.6) is 0 Å². The molecular weight excluding hydrogens is 278 g/mol. The van der Waals surface area contributed by atoms with Crippen molar-refractivity contribution in [2.75, 3.05) is 31.6 Å². The molecule has 0 saturated carbocycles. The van der Waals surface area contributed by atoms with Gasteiger partial charge in [0.1, 0.15) is 5.82 Å². The second kappa shape index (κ2) is 5.83. The van der Waals surface area contributed by atoms with Gasteiger partial charge >= 0.3 is 0 Å². The van der Waals surface area contributed by atoms with Gasteiger partial charge in [0.15, 0.2) is 0 Å². The van der Waals surface area contributed by atoms with Crippen LogP contribution in [0.1, 0.15) is 19.8 Å². The number of likely N-dealkylation sites (tertiary alicyclic amines) is 1. The van der Waals surface area contributed by atoms with E-state index in [1.807, 2.05) is 6.20 Å². The molecule has 17 heavy (non-hydrogen) atoms. The highest BCUT2D eigenvalue weighted by molar-refractivity contribution is 9.10. The summed E-state index contributed by atoms with van der Waals surface area (Å²) < 4.78 is 1.04. The Hall–Kier alpha value is -0.610. The van der Waals surface area contributed by atoms with E-state index in [0.717, 1.165) is 10.3 Å². The van der Waals surface area contributed by atoms with Crippen LogP contribution in [0.2, 0.25) is 0 Å². The SMILES string of the molecule is CCN1CCC(N(C)c2ccc(Br)cn2)CC1. The first-order chi connectivity index (χ1) is 8.20. The van der Waals surface area contributed by atoms with Crippen molar-refractivity contribution < 1.29 is 0 Å². The first-order valence-electron chi connectivity index (χ1n) is 6.27. The Kier molecular flexibility index (Phi) is 4.40. The summed E-state index contributed by atoms with van der Waals surface area (Å²) >= 11 is 3.42. The normalized spacial score (nSPS) is 18.3. The maximum atomic E-state index is 4.46. The second-order valence-electron chi connectivity index (χ2n) is 4.61. The Bertz CT molecular complexity index is 344. The van der Waals surface area contributed by atoms with Crippen LogP contribution in [0.4, 0.5) is 5.82 Å². The largest absolute Gasteiger partial charge is 0.357 e. The number of pyridine rings is 1. The number of anilines is 1. The number of nitrogens with zero attached hydrogens (tertiary/aromatic N) is 3. The topological polar surface area (TPSA) is 19.4 Å². The predicted octanol–water partition coefficient (Wildman–Crippen LogP) is 2.76. The Morgan fingerprint density at radius 2 is 2.12 bits per heavy atom. The molecule has 0 unspecified atom stereocenters. The van der Waals surface area contributed by atoms with E-state index in [1.54, 1.807) is 0 Å². The molecule has 0 amide bonds. The molecule has 94 valence electrons. The third kappa shape index (κ3) is 3.19. The van der Waals surface area contributed by atoms with E-state index in [-0.39, 0.29) is 0 Å². The maximum Gasteiger partial charge on any atom is 0.128 e. The van der Waals surface area contributed by atoms with Crippen LogP contribution < -0.4 is 4.90 Å². The van der Waals surface area contributed by atoms with E-state index in [2.05, 4.69) is 56.8 Å². The summed E-state index contributed by atoms with van der Waals surface area (Å²) in [6.45, 7) is 5.83. The third-order valence-corrected chi connectivity index (χ3v) is 4.09. The number of halogens is 1. The molecule has 0 spiro atoms. The monoisotopic (exact) mass is 297 g/mol. The minimum absolute atomic E-state index is 0.631. The van der Waals surface area contributed by atoms with Crippen LogP contribution in [-0.4, -0.2) is 42.6 Å². The zero-order chi connectivity index (χ0) is 12.3. The fourth-order valence-corrected chi connectivity index (χ4v) is 2.62. The Labute approximate surface area is 112 Å². The molecule has 0 bridgehead atoms. The molecule has 0 aliphatic carbocycles. The van der Waals surface area contributed by atoms with Crippen molar-refractivity contribution in [2.24, 2.45) is 0 Å². The summed E-state index contributed by atoms with van der Waals surface area (Å²) in [4.78, 5) is 9.29. The fraction of sp³-hybridized carbons (Fsp3) is 0.615. The average Bonchev–Trinajstić information content (AvgIpc) is 2.39. The summed E-state index contributed by atoms with van der Waals surface area (Å²) in [7, 11) is 2.16. The summed E-state index contributed by atoms with van der Waals surface area (Å²) in [5, 5.41) is 0. The van der Waals surface area contributed by atoms with E-state index < -0.39 is 0 Å². The molecule has 2 rings (SSSR count). The molecule has 3 nitrogen and oxygen atoms in total. The zero-order valence-electron chi connectivity index (χ0n) is 10.6. The molecule has 0 radical (unpaired) electrons. The highest BCUT2D eigenvalue weighted by Crippen LogP contribution is 2.21. The van der Waals surface area contributed by atoms with Gasteiger partial charge in [0, 0.05) is 36.8 Å². The van der Waals surface area contributed by atoms with Crippen molar-refractivity contribution in [3.05, 3.63) is 22.8 Å². The molecule has 0 N–H and O–H groups in total. The lowest BCUT2D eigenvalue weighted by molar-refractivity contribution is 0.220. The number of aromatic nitrogens is 1. The molecule has 2 heterocycles. The molecule has 1 aliphatic rings. The summed E-state index contributed by atoms with van der Waals surface area (Å²) in [6, 6.07) is 4.77. The van der Waals surface area contributed by atoms with Crippen LogP contribution in [0.25, 0.3) is 0 Å². The first kappa shape index (κ1) is 12.8. The minimum atomic E-state index is 0.631. The number of hydrogen-bond donors (Lipinski definition) is 0. The van der Waals surface area contributed by atoms with Crippen LogP contribution in [0.3, 0.4) is 0 Å². The van der Waals surface area contributed by atoms with Gasteiger partial charge in [-0.1, -0.05) is 6.92 Å². The molecule has 1 aliphatic heterocycles. The molecule has 1 saturated heterocycles. The van der Waals surface area contributed by atoms with Crippen molar-refractivity contribution in [1.29, 1.82) is 0 Å². The Balaban J connectivity index is 1.96. The van der Waals surface area contributed by atoms with Gasteiger partial charge < -0.3 is 9.80 Å². The third-order valence-electron chi connectivity index (χ3n) is 3.63. The van der Waals surface area contributed by atoms with Crippen LogP contribution in [0.15, 0.2) is 22.8 Å². The van der Waals surface area contributed by atoms with Crippen LogP contribution in [0, 0.1) is 0 Å². The lowest BCUT2D eigenvalue weighted by Gasteiger charge is -2.36. The van der Waals surface area contributed by atoms with Gasteiger partial charge in [-0.25, -0.2) is 4.98 Å². The molecule has 0 atom stereocenters. The molecular formula is C13H20BrN3. The second-order valence-corrected chi connectivity index (χ2v) is 5.53. The van der Waals surface area contributed by atoms with Gasteiger partial charge in [-0.3, -0.25) is 0 Å². The Morgan fingerprint density at radius 3 is 2.65 bits per heavy atom. The molecule has 0 aromatic carbocycles. The van der Waals surface area contributed by atoms with E-state index in [0.29, 0.717) is 6.04 Å². The van der Waals surface area contributed by atoms with E-state index in [1.165, 1.54) is 32.5 Å². The lowest BCUT2D eigenvalue weighted by Crippen LogP contribution is -2.43. The van der Waals surface area contributed by atoms with Crippen molar-refractivity contribution in [3.8, 4) is 0 Å². The smallest absolute Gasteiger partial charge is 0.128 e. The average molecular weight is 298 g/mol. The van der Waals surface area contributed by atoms with Crippen LogP contribution >= 0.6 is 15.9 Å². The Morgan fingerprint density at radius 1 is 1.41 bits per heavy atom. The number of rotatable bonds is 3. The van der Waals surface area contributed by atoms with E-state index in [4.69, 9.17) is 0 Å².